The molecule has 1 spiro atoms. The number of aliphatic carboxylic acids is 1. The lowest BCUT2D eigenvalue weighted by Gasteiger charge is -2.41. The van der Waals surface area contributed by atoms with Gasteiger partial charge in [-0.3, -0.25) is 9.59 Å². The van der Waals surface area contributed by atoms with Gasteiger partial charge in [0.2, 0.25) is 5.91 Å². The smallest absolute Gasteiger partial charge is 0.475 e. The molecule has 2 atom stereocenters. The van der Waals surface area contributed by atoms with Gasteiger partial charge in [-0.15, -0.1) is 0 Å². The number of carboxylic acid groups (broad SMARTS) is 1. The van der Waals surface area contributed by atoms with Gasteiger partial charge in [-0.25, -0.2) is 9.18 Å². The van der Waals surface area contributed by atoms with E-state index in [-0.39, 0.29) is 29.3 Å². The molecule has 40 heavy (non-hydrogen) atoms. The van der Waals surface area contributed by atoms with Gasteiger partial charge in [0.1, 0.15) is 5.82 Å². The summed E-state index contributed by atoms with van der Waals surface area (Å²) >= 11 is 0. The summed E-state index contributed by atoms with van der Waals surface area (Å²) < 4.78 is 45.1. The quantitative estimate of drug-likeness (QED) is 0.286. The molecule has 0 bridgehead atoms. The molecular weight excluding hydrogens is 530 g/mol. The van der Waals surface area contributed by atoms with E-state index in [2.05, 4.69) is 22.1 Å². The minimum Gasteiger partial charge on any atom is -0.475 e. The lowest BCUT2D eigenvalue weighted by molar-refractivity contribution is -0.192. The van der Waals surface area contributed by atoms with Crippen LogP contribution in [-0.4, -0.2) is 65.0 Å². The van der Waals surface area contributed by atoms with E-state index in [1.807, 2.05) is 42.5 Å². The zero-order chi connectivity index (χ0) is 29.1. The van der Waals surface area contributed by atoms with Crippen LogP contribution < -0.4 is 5.32 Å². The van der Waals surface area contributed by atoms with Crippen LogP contribution in [0.25, 0.3) is 10.9 Å². The van der Waals surface area contributed by atoms with Crippen LogP contribution in [0.1, 0.15) is 48.2 Å². The average molecular weight is 562 g/mol. The Balaban J connectivity index is 0.000000470. The fourth-order valence-electron chi connectivity index (χ4n) is 5.72. The summed E-state index contributed by atoms with van der Waals surface area (Å²) in [4.78, 5) is 40.2. The van der Waals surface area contributed by atoms with Crippen molar-refractivity contribution in [2.45, 2.75) is 38.3 Å². The van der Waals surface area contributed by atoms with Crippen molar-refractivity contribution in [1.29, 1.82) is 0 Å². The van der Waals surface area contributed by atoms with E-state index in [4.69, 9.17) is 9.90 Å². The molecule has 0 aliphatic carbocycles. The molecule has 3 aromatic rings. The van der Waals surface area contributed by atoms with Crippen LogP contribution in [0.4, 0.5) is 17.6 Å². The monoisotopic (exact) mass is 561 g/mol. The first-order valence-electron chi connectivity index (χ1n) is 13.1. The average Bonchev–Trinajstić information content (AvgIpc) is 3.47. The number of Topliss-reactive ketones (excluding diaryl/α,β-unsaturated/α-hetero) is 1. The third-order valence-electron chi connectivity index (χ3n) is 7.78. The fourth-order valence-corrected chi connectivity index (χ4v) is 5.72. The van der Waals surface area contributed by atoms with E-state index >= 15 is 0 Å². The van der Waals surface area contributed by atoms with Crippen LogP contribution in [0.15, 0.2) is 54.6 Å². The molecule has 7 nitrogen and oxygen atoms in total. The second kappa shape index (κ2) is 11.8. The maximum Gasteiger partial charge on any atom is 0.490 e. The van der Waals surface area contributed by atoms with E-state index < -0.39 is 17.6 Å². The van der Waals surface area contributed by atoms with Crippen LogP contribution >= 0.6 is 0 Å². The number of carbonyl (C=O) groups is 3. The zero-order valence-corrected chi connectivity index (χ0v) is 21.9. The first-order chi connectivity index (χ1) is 18.9. The number of nitrogens with zero attached hydrogens (tertiary/aromatic N) is 1. The molecule has 2 saturated heterocycles. The summed E-state index contributed by atoms with van der Waals surface area (Å²) in [5, 5.41) is 11.2. The highest BCUT2D eigenvalue weighted by Crippen LogP contribution is 2.47. The molecule has 2 aromatic carbocycles. The first-order valence-corrected chi connectivity index (χ1v) is 13.1. The molecule has 3 N–H and O–H groups in total. The summed E-state index contributed by atoms with van der Waals surface area (Å²) in [6.07, 6.45) is -3.03. The van der Waals surface area contributed by atoms with Crippen LogP contribution in [0, 0.1) is 17.2 Å². The van der Waals surface area contributed by atoms with Crippen molar-refractivity contribution < 1.29 is 37.1 Å². The highest BCUT2D eigenvalue weighted by atomic mass is 19.4. The van der Waals surface area contributed by atoms with Gasteiger partial charge in [0.15, 0.2) is 5.78 Å². The van der Waals surface area contributed by atoms with Crippen molar-refractivity contribution >= 4 is 28.6 Å². The van der Waals surface area contributed by atoms with Gasteiger partial charge in [0, 0.05) is 36.3 Å². The zero-order valence-electron chi connectivity index (χ0n) is 21.9. The van der Waals surface area contributed by atoms with Crippen molar-refractivity contribution in [3.05, 3.63) is 71.7 Å². The molecule has 11 heteroatoms. The second-order valence-corrected chi connectivity index (χ2v) is 10.6. The number of nitrogens with one attached hydrogen (secondary N) is 2. The Morgan fingerprint density at radius 2 is 1.73 bits per heavy atom. The number of fused-ring (bicyclic) bond motifs is 1. The summed E-state index contributed by atoms with van der Waals surface area (Å²) in [5.74, 6) is -2.45. The van der Waals surface area contributed by atoms with E-state index in [0.717, 1.165) is 48.9 Å². The molecule has 3 heterocycles. The molecule has 214 valence electrons. The topological polar surface area (TPSA) is 103 Å². The normalized spacial score (nSPS) is 19.6. The predicted molar refractivity (Wildman–Crippen MR) is 140 cm³/mol. The number of likely N-dealkylation sites (tertiary alicyclic amines) is 1. The van der Waals surface area contributed by atoms with Gasteiger partial charge < -0.3 is 20.3 Å². The molecule has 0 radical (unpaired) electrons. The lowest BCUT2D eigenvalue weighted by atomic mass is 9.68. The molecule has 0 unspecified atom stereocenters. The largest absolute Gasteiger partial charge is 0.490 e. The fraction of sp³-hybridized carbons (Fsp3) is 0.414. The van der Waals surface area contributed by atoms with Crippen LogP contribution in [0.3, 0.4) is 0 Å². The number of piperidine rings is 1. The Labute approximate surface area is 228 Å². The number of para-hydroxylation sites is 1. The number of rotatable bonds is 6. The highest BCUT2D eigenvalue weighted by Gasteiger charge is 2.52. The first kappa shape index (κ1) is 29.3. The molecule has 2 aliphatic rings. The van der Waals surface area contributed by atoms with Gasteiger partial charge in [-0.1, -0.05) is 37.3 Å². The minimum absolute atomic E-state index is 0.0776. The Kier molecular flexibility index (Phi) is 8.62. The maximum atomic E-state index is 13.4. The third-order valence-corrected chi connectivity index (χ3v) is 7.78. The highest BCUT2D eigenvalue weighted by molar-refractivity contribution is 5.99. The number of hydrogen-bond donors (Lipinski definition) is 3. The number of hydrogen-bond acceptors (Lipinski definition) is 4. The van der Waals surface area contributed by atoms with Gasteiger partial charge >= 0.3 is 12.1 Å². The van der Waals surface area contributed by atoms with Crippen LogP contribution in [0.2, 0.25) is 0 Å². The number of carboxylic acids is 1. The van der Waals surface area contributed by atoms with E-state index in [1.165, 1.54) is 12.1 Å². The number of benzene rings is 2. The summed E-state index contributed by atoms with van der Waals surface area (Å²) in [6.45, 7) is 5.23. The second-order valence-electron chi connectivity index (χ2n) is 10.6. The molecule has 2 fully saturated rings. The molecule has 5 rings (SSSR count). The van der Waals surface area contributed by atoms with Crippen LogP contribution in [-0.2, 0) is 9.59 Å². The van der Waals surface area contributed by atoms with E-state index in [9.17, 15) is 27.2 Å². The summed E-state index contributed by atoms with van der Waals surface area (Å²) in [6, 6.07) is 16.4. The predicted octanol–water partition coefficient (Wildman–Crippen LogP) is 5.15. The van der Waals surface area contributed by atoms with Crippen LogP contribution in [0.5, 0.6) is 0 Å². The van der Waals surface area contributed by atoms with E-state index in [1.54, 1.807) is 0 Å². The van der Waals surface area contributed by atoms with E-state index in [0.29, 0.717) is 18.7 Å². The number of halogens is 4. The number of aromatic amines is 1. The third kappa shape index (κ3) is 6.52. The maximum absolute atomic E-state index is 13.4. The number of aromatic nitrogens is 1. The molecule has 1 aromatic heterocycles. The summed E-state index contributed by atoms with van der Waals surface area (Å²) in [7, 11) is 0. The standard InChI is InChI=1S/C27H30FN3O2.C2HF3O2/c1-18(14-25(32)24-15-20-4-2-3-5-23(20)30-24)17-31-12-10-27(11-13-31)22(16-29-26(27)33)19-6-8-21(28)9-7-19;3-2(4,5)1(6)7/h2-9,15,18,22,30H,10-14,16-17H2,1H3,(H,29,33);(H,6,7)/t18-,22+;/m1./s1. The Hall–Kier alpha value is -3.73. The number of carbonyl (C=O) groups excluding carboxylic acids is 2. The SMILES string of the molecule is C[C@H](CC(=O)c1cc2ccccc2[nH]1)CN1CCC2(CC1)C(=O)NC[C@H]2c1ccc(F)cc1.O=C(O)C(F)(F)F. The van der Waals surface area contributed by atoms with Crippen molar-refractivity contribution in [3.8, 4) is 0 Å². The molecule has 1 amide bonds. The molecular formula is C29H31F4N3O4. The molecule has 2 aliphatic heterocycles. The number of amides is 1. The number of ketones is 1. The number of H-pyrrole nitrogens is 1. The Morgan fingerprint density at radius 1 is 1.10 bits per heavy atom. The van der Waals surface area contributed by atoms with Gasteiger partial charge in [-0.05, 0) is 61.7 Å². The number of alkyl halides is 3. The van der Waals surface area contributed by atoms with Gasteiger partial charge in [0.05, 0.1) is 11.1 Å². The van der Waals surface area contributed by atoms with Crippen molar-refractivity contribution in [1.82, 2.24) is 15.2 Å². The van der Waals surface area contributed by atoms with Crippen molar-refractivity contribution in [3.63, 3.8) is 0 Å². The molecule has 0 saturated carbocycles. The lowest BCUT2D eigenvalue weighted by Crippen LogP contribution is -2.47. The van der Waals surface area contributed by atoms with Crippen molar-refractivity contribution in [2.75, 3.05) is 26.2 Å². The van der Waals surface area contributed by atoms with Crippen molar-refractivity contribution in [2.24, 2.45) is 11.3 Å². The van der Waals surface area contributed by atoms with Gasteiger partial charge in [0.25, 0.3) is 0 Å². The minimum atomic E-state index is -5.08. The summed E-state index contributed by atoms with van der Waals surface area (Å²) in [5.41, 5.74) is 2.27. The Morgan fingerprint density at radius 3 is 2.33 bits per heavy atom. The van der Waals surface area contributed by atoms with Gasteiger partial charge in [-0.2, -0.15) is 13.2 Å². The Bertz CT molecular complexity index is 1330.